The van der Waals surface area contributed by atoms with Crippen LogP contribution in [0.5, 0.6) is 0 Å². The zero-order valence-electron chi connectivity index (χ0n) is 16.0. The van der Waals surface area contributed by atoms with E-state index in [4.69, 9.17) is 0 Å². The van der Waals surface area contributed by atoms with Gasteiger partial charge in [0, 0.05) is 43.2 Å². The predicted molar refractivity (Wildman–Crippen MR) is 109 cm³/mol. The topological polar surface area (TPSA) is 59.0 Å². The highest BCUT2D eigenvalue weighted by Gasteiger charge is 2.29. The van der Waals surface area contributed by atoms with Gasteiger partial charge in [0.1, 0.15) is 6.33 Å². The lowest BCUT2D eigenvalue weighted by Gasteiger charge is -2.34. The molecule has 0 radical (unpaired) electrons. The minimum Gasteiger partial charge on any atom is -0.342 e. The standard InChI is InChI=1S/C23H24N4O/c1-17(18-5-3-2-4-6-18)23(28)27-13-9-20(10-14-27)22-21(15-25-16-26-22)19-7-11-24-12-8-19/h2-8,11-12,15-17,20H,9-10,13-14H2,1H3/t17-/m1/s1. The second-order valence-corrected chi connectivity index (χ2v) is 7.29. The Hall–Kier alpha value is -3.08. The normalized spacial score (nSPS) is 16.0. The molecular formula is C23H24N4O. The van der Waals surface area contributed by atoms with Crippen LogP contribution in [0.2, 0.25) is 0 Å². The average Bonchev–Trinajstić information content (AvgIpc) is 2.79. The summed E-state index contributed by atoms with van der Waals surface area (Å²) in [6.07, 6.45) is 8.92. The lowest BCUT2D eigenvalue weighted by atomic mass is 9.88. The molecule has 0 saturated carbocycles. The Labute approximate surface area is 165 Å². The molecule has 0 unspecified atom stereocenters. The number of carbonyl (C=O) groups excluding carboxylic acids is 1. The molecule has 1 saturated heterocycles. The van der Waals surface area contributed by atoms with Crippen LogP contribution < -0.4 is 0 Å². The van der Waals surface area contributed by atoms with Crippen LogP contribution in [-0.4, -0.2) is 38.8 Å². The molecule has 5 heteroatoms. The second-order valence-electron chi connectivity index (χ2n) is 7.29. The Balaban J connectivity index is 1.46. The number of amides is 1. The van der Waals surface area contributed by atoms with Gasteiger partial charge in [-0.3, -0.25) is 9.78 Å². The van der Waals surface area contributed by atoms with Gasteiger partial charge in [0.15, 0.2) is 0 Å². The molecule has 142 valence electrons. The summed E-state index contributed by atoms with van der Waals surface area (Å²) in [4.78, 5) is 27.8. The third-order valence-electron chi connectivity index (χ3n) is 5.60. The Morgan fingerprint density at radius 2 is 1.75 bits per heavy atom. The van der Waals surface area contributed by atoms with Gasteiger partial charge in [0.25, 0.3) is 0 Å². The summed E-state index contributed by atoms with van der Waals surface area (Å²) < 4.78 is 0. The number of benzene rings is 1. The van der Waals surface area contributed by atoms with E-state index < -0.39 is 0 Å². The summed E-state index contributed by atoms with van der Waals surface area (Å²) in [7, 11) is 0. The first-order valence-corrected chi connectivity index (χ1v) is 9.78. The summed E-state index contributed by atoms with van der Waals surface area (Å²) in [5.74, 6) is 0.438. The number of hydrogen-bond donors (Lipinski definition) is 0. The average molecular weight is 372 g/mol. The Kier molecular flexibility index (Phi) is 5.42. The summed E-state index contributed by atoms with van der Waals surface area (Å²) in [5.41, 5.74) is 4.30. The van der Waals surface area contributed by atoms with Crippen LogP contribution in [0.25, 0.3) is 11.1 Å². The molecule has 1 atom stereocenters. The Bertz CT molecular complexity index is 922. The molecule has 2 aromatic heterocycles. The molecular weight excluding hydrogens is 348 g/mol. The highest BCUT2D eigenvalue weighted by Crippen LogP contribution is 2.34. The van der Waals surface area contributed by atoms with Crippen molar-refractivity contribution >= 4 is 5.91 Å². The maximum Gasteiger partial charge on any atom is 0.229 e. The lowest BCUT2D eigenvalue weighted by molar-refractivity contribution is -0.133. The Morgan fingerprint density at radius 1 is 1.04 bits per heavy atom. The summed E-state index contributed by atoms with van der Waals surface area (Å²) in [6, 6.07) is 14.0. The van der Waals surface area contributed by atoms with Crippen LogP contribution in [0, 0.1) is 0 Å². The summed E-state index contributed by atoms with van der Waals surface area (Å²) in [6.45, 7) is 3.52. The van der Waals surface area contributed by atoms with Gasteiger partial charge < -0.3 is 4.90 Å². The van der Waals surface area contributed by atoms with Crippen LogP contribution >= 0.6 is 0 Å². The van der Waals surface area contributed by atoms with Gasteiger partial charge in [-0.1, -0.05) is 30.3 Å². The van der Waals surface area contributed by atoms with E-state index >= 15 is 0 Å². The van der Waals surface area contributed by atoms with E-state index in [0.29, 0.717) is 5.92 Å². The summed E-state index contributed by atoms with van der Waals surface area (Å²) >= 11 is 0. The van der Waals surface area contributed by atoms with Crippen molar-refractivity contribution in [1.29, 1.82) is 0 Å². The third-order valence-corrected chi connectivity index (χ3v) is 5.60. The van der Waals surface area contributed by atoms with Crippen molar-refractivity contribution in [3.8, 4) is 11.1 Å². The van der Waals surface area contributed by atoms with E-state index in [1.54, 1.807) is 18.7 Å². The zero-order valence-corrected chi connectivity index (χ0v) is 16.0. The van der Waals surface area contributed by atoms with E-state index in [0.717, 1.165) is 48.3 Å². The molecule has 0 bridgehead atoms. The summed E-state index contributed by atoms with van der Waals surface area (Å²) in [5, 5.41) is 0. The van der Waals surface area contributed by atoms with E-state index in [9.17, 15) is 4.79 Å². The fourth-order valence-electron chi connectivity index (χ4n) is 3.95. The fourth-order valence-corrected chi connectivity index (χ4v) is 3.95. The number of carbonyl (C=O) groups is 1. The molecule has 3 aromatic rings. The second kappa shape index (κ2) is 8.30. The maximum atomic E-state index is 12.9. The molecule has 0 spiro atoms. The van der Waals surface area contributed by atoms with Crippen molar-refractivity contribution in [2.75, 3.05) is 13.1 Å². The highest BCUT2D eigenvalue weighted by molar-refractivity contribution is 5.83. The molecule has 1 aromatic carbocycles. The quantitative estimate of drug-likeness (QED) is 0.693. The van der Waals surface area contributed by atoms with Crippen molar-refractivity contribution in [1.82, 2.24) is 19.9 Å². The Morgan fingerprint density at radius 3 is 2.46 bits per heavy atom. The number of aromatic nitrogens is 3. The van der Waals surface area contributed by atoms with Crippen molar-refractivity contribution in [2.24, 2.45) is 0 Å². The molecule has 1 aliphatic rings. The monoisotopic (exact) mass is 372 g/mol. The van der Waals surface area contributed by atoms with Crippen LogP contribution in [-0.2, 0) is 4.79 Å². The minimum absolute atomic E-state index is 0.107. The van der Waals surface area contributed by atoms with Crippen LogP contribution in [0.4, 0.5) is 0 Å². The van der Waals surface area contributed by atoms with E-state index in [2.05, 4.69) is 15.0 Å². The molecule has 0 aliphatic carbocycles. The first-order valence-electron chi connectivity index (χ1n) is 9.78. The number of pyridine rings is 1. The van der Waals surface area contributed by atoms with Crippen molar-refractivity contribution < 1.29 is 4.79 Å². The molecule has 5 nitrogen and oxygen atoms in total. The van der Waals surface area contributed by atoms with Gasteiger partial charge in [-0.05, 0) is 43.0 Å². The molecule has 3 heterocycles. The van der Waals surface area contributed by atoms with Crippen molar-refractivity contribution in [2.45, 2.75) is 31.6 Å². The highest BCUT2D eigenvalue weighted by atomic mass is 16.2. The first-order chi connectivity index (χ1) is 13.7. The molecule has 28 heavy (non-hydrogen) atoms. The smallest absolute Gasteiger partial charge is 0.229 e. The lowest BCUT2D eigenvalue weighted by Crippen LogP contribution is -2.40. The van der Waals surface area contributed by atoms with E-state index in [-0.39, 0.29) is 11.8 Å². The third kappa shape index (κ3) is 3.79. The van der Waals surface area contributed by atoms with Crippen LogP contribution in [0.1, 0.15) is 42.9 Å². The minimum atomic E-state index is -0.107. The van der Waals surface area contributed by atoms with E-state index in [1.165, 1.54) is 0 Å². The number of nitrogens with zero attached hydrogens (tertiary/aromatic N) is 4. The van der Waals surface area contributed by atoms with Gasteiger partial charge in [0.2, 0.25) is 5.91 Å². The fraction of sp³-hybridized carbons (Fsp3) is 0.304. The molecule has 0 N–H and O–H groups in total. The van der Waals surface area contributed by atoms with Crippen LogP contribution in [0.15, 0.2) is 67.4 Å². The SMILES string of the molecule is C[C@@H](C(=O)N1CCC(c2ncncc2-c2ccncc2)CC1)c1ccccc1. The van der Waals surface area contributed by atoms with Gasteiger partial charge in [0.05, 0.1) is 11.6 Å². The van der Waals surface area contributed by atoms with Crippen LogP contribution in [0.3, 0.4) is 0 Å². The molecule has 1 amide bonds. The van der Waals surface area contributed by atoms with E-state index in [1.807, 2.05) is 60.5 Å². The number of rotatable bonds is 4. The number of piperidine rings is 1. The number of hydrogen-bond acceptors (Lipinski definition) is 4. The van der Waals surface area contributed by atoms with Gasteiger partial charge >= 0.3 is 0 Å². The number of likely N-dealkylation sites (tertiary alicyclic amines) is 1. The van der Waals surface area contributed by atoms with Gasteiger partial charge in [-0.2, -0.15) is 0 Å². The maximum absolute atomic E-state index is 12.9. The zero-order chi connectivity index (χ0) is 19.3. The molecule has 1 fully saturated rings. The molecule has 4 rings (SSSR count). The van der Waals surface area contributed by atoms with Crippen molar-refractivity contribution in [3.63, 3.8) is 0 Å². The largest absolute Gasteiger partial charge is 0.342 e. The predicted octanol–water partition coefficient (Wildman–Crippen LogP) is 4.05. The molecule has 1 aliphatic heterocycles. The van der Waals surface area contributed by atoms with Crippen molar-refractivity contribution in [3.05, 3.63) is 78.6 Å². The first kappa shape index (κ1) is 18.3. The van der Waals surface area contributed by atoms with Gasteiger partial charge in [-0.15, -0.1) is 0 Å². The van der Waals surface area contributed by atoms with Gasteiger partial charge in [-0.25, -0.2) is 9.97 Å².